The van der Waals surface area contributed by atoms with Gasteiger partial charge in [-0.15, -0.1) is 0 Å². The van der Waals surface area contributed by atoms with Gasteiger partial charge in [0, 0.05) is 29.7 Å². The largest absolute Gasteiger partial charge is 0.350 e. The van der Waals surface area contributed by atoms with Crippen molar-refractivity contribution in [1.29, 1.82) is 0 Å². The molecule has 2 aromatic rings. The number of hydrogen-bond donors (Lipinski definition) is 1. The van der Waals surface area contributed by atoms with Crippen molar-refractivity contribution >= 4 is 28.7 Å². The lowest BCUT2D eigenvalue weighted by molar-refractivity contribution is -0.384. The van der Waals surface area contributed by atoms with Gasteiger partial charge in [0.05, 0.1) is 10.3 Å². The van der Waals surface area contributed by atoms with Crippen molar-refractivity contribution in [2.45, 2.75) is 26.2 Å². The molecule has 0 saturated heterocycles. The standard InChI is InChI=1S/C17H18N4O3/c1-4-20-13-7-5-6-12(15(13)17(2,3)16(20)22)19-11-8-9-18-10-14(11)21(23)24/h5-10H,4H2,1-3H3,(H,18,19). The number of aromatic nitrogens is 1. The molecule has 7 heteroatoms. The Morgan fingerprint density at radius 3 is 2.71 bits per heavy atom. The normalized spacial score (nSPS) is 15.3. The van der Waals surface area contributed by atoms with E-state index >= 15 is 0 Å². The van der Waals surface area contributed by atoms with Crippen molar-refractivity contribution < 1.29 is 9.72 Å². The van der Waals surface area contributed by atoms with Gasteiger partial charge in [0.2, 0.25) is 5.91 Å². The topological polar surface area (TPSA) is 88.4 Å². The van der Waals surface area contributed by atoms with E-state index in [4.69, 9.17) is 0 Å². The number of hydrogen-bond acceptors (Lipinski definition) is 5. The highest BCUT2D eigenvalue weighted by Crippen LogP contribution is 2.46. The molecule has 3 rings (SSSR count). The Labute approximate surface area is 139 Å². The molecule has 1 aromatic carbocycles. The highest BCUT2D eigenvalue weighted by molar-refractivity contribution is 6.09. The van der Waals surface area contributed by atoms with Gasteiger partial charge < -0.3 is 10.2 Å². The molecule has 24 heavy (non-hydrogen) atoms. The number of fused-ring (bicyclic) bond motifs is 1. The highest BCUT2D eigenvalue weighted by atomic mass is 16.6. The van der Waals surface area contributed by atoms with Gasteiger partial charge in [-0.05, 0) is 39.0 Å². The summed E-state index contributed by atoms with van der Waals surface area (Å²) in [5.74, 6) is 0.0264. The Kier molecular flexibility index (Phi) is 3.71. The molecule has 0 aliphatic carbocycles. The predicted molar refractivity (Wildman–Crippen MR) is 91.7 cm³/mol. The predicted octanol–water partition coefficient (Wildman–Crippen LogP) is 3.38. The Morgan fingerprint density at radius 1 is 1.29 bits per heavy atom. The van der Waals surface area contributed by atoms with Gasteiger partial charge in [0.1, 0.15) is 11.9 Å². The minimum atomic E-state index is -0.698. The van der Waals surface area contributed by atoms with Gasteiger partial charge >= 0.3 is 5.69 Å². The summed E-state index contributed by atoms with van der Waals surface area (Å²) >= 11 is 0. The molecule has 1 aromatic heterocycles. The van der Waals surface area contributed by atoms with E-state index in [-0.39, 0.29) is 11.6 Å². The highest BCUT2D eigenvalue weighted by Gasteiger charge is 2.44. The molecule has 124 valence electrons. The van der Waals surface area contributed by atoms with E-state index < -0.39 is 10.3 Å². The second kappa shape index (κ2) is 5.59. The molecule has 0 radical (unpaired) electrons. The molecule has 7 nitrogen and oxygen atoms in total. The molecule has 0 fully saturated rings. The summed E-state index contributed by atoms with van der Waals surface area (Å²) in [4.78, 5) is 28.9. The monoisotopic (exact) mass is 326 g/mol. The molecule has 0 bridgehead atoms. The molecule has 1 aliphatic heterocycles. The molecule has 0 atom stereocenters. The number of carbonyl (C=O) groups excluding carboxylic acids is 1. The van der Waals surface area contributed by atoms with Gasteiger partial charge in [-0.1, -0.05) is 6.07 Å². The van der Waals surface area contributed by atoms with Crippen LogP contribution in [0.1, 0.15) is 26.3 Å². The zero-order valence-corrected chi connectivity index (χ0v) is 13.7. The molecule has 1 amide bonds. The van der Waals surface area contributed by atoms with Crippen LogP contribution in [0.2, 0.25) is 0 Å². The minimum absolute atomic E-state index is 0.0264. The van der Waals surface area contributed by atoms with E-state index in [0.29, 0.717) is 17.9 Å². The lowest BCUT2D eigenvalue weighted by atomic mass is 9.85. The molecule has 0 unspecified atom stereocenters. The second-order valence-corrected chi connectivity index (χ2v) is 6.15. The van der Waals surface area contributed by atoms with Crippen molar-refractivity contribution in [3.05, 3.63) is 52.3 Å². The van der Waals surface area contributed by atoms with Crippen molar-refractivity contribution in [3.8, 4) is 0 Å². The molecular weight excluding hydrogens is 308 g/mol. The van der Waals surface area contributed by atoms with E-state index in [1.165, 1.54) is 12.4 Å². The average molecular weight is 326 g/mol. The Morgan fingerprint density at radius 2 is 2.04 bits per heavy atom. The molecule has 0 spiro atoms. The van der Waals surface area contributed by atoms with Crippen LogP contribution < -0.4 is 10.2 Å². The summed E-state index contributed by atoms with van der Waals surface area (Å²) in [6.45, 7) is 6.25. The fourth-order valence-corrected chi connectivity index (χ4v) is 3.18. The number of rotatable bonds is 4. The quantitative estimate of drug-likeness (QED) is 0.687. The maximum absolute atomic E-state index is 12.7. The third-order valence-electron chi connectivity index (χ3n) is 4.32. The van der Waals surface area contributed by atoms with Crippen LogP contribution in [0.4, 0.5) is 22.7 Å². The molecule has 0 saturated carbocycles. The van der Waals surface area contributed by atoms with Gasteiger partial charge in [-0.25, -0.2) is 0 Å². The van der Waals surface area contributed by atoms with E-state index in [0.717, 1.165) is 11.3 Å². The first-order valence-corrected chi connectivity index (χ1v) is 7.68. The van der Waals surface area contributed by atoms with Crippen LogP contribution in [0.25, 0.3) is 0 Å². The van der Waals surface area contributed by atoms with Crippen molar-refractivity contribution in [2.24, 2.45) is 0 Å². The summed E-state index contributed by atoms with van der Waals surface area (Å²) in [6.07, 6.45) is 2.70. The smallest absolute Gasteiger partial charge is 0.310 e. The van der Waals surface area contributed by atoms with E-state index in [9.17, 15) is 14.9 Å². The van der Waals surface area contributed by atoms with Gasteiger partial charge in [-0.3, -0.25) is 19.9 Å². The number of likely N-dealkylation sites (N-methyl/N-ethyl adjacent to an activating group) is 1. The van der Waals surface area contributed by atoms with Crippen LogP contribution in [-0.4, -0.2) is 22.4 Å². The van der Waals surface area contributed by atoms with Crippen LogP contribution in [0, 0.1) is 10.1 Å². The van der Waals surface area contributed by atoms with Crippen molar-refractivity contribution in [2.75, 3.05) is 16.8 Å². The van der Waals surface area contributed by atoms with Crippen LogP contribution in [0.3, 0.4) is 0 Å². The second-order valence-electron chi connectivity index (χ2n) is 6.15. The fourth-order valence-electron chi connectivity index (χ4n) is 3.18. The maximum Gasteiger partial charge on any atom is 0.310 e. The lowest BCUT2D eigenvalue weighted by Gasteiger charge is -2.20. The number of benzene rings is 1. The number of nitro groups is 1. The number of nitrogens with zero attached hydrogens (tertiary/aromatic N) is 3. The maximum atomic E-state index is 12.7. The summed E-state index contributed by atoms with van der Waals surface area (Å²) in [5, 5.41) is 14.3. The van der Waals surface area contributed by atoms with Crippen molar-refractivity contribution in [1.82, 2.24) is 4.98 Å². The van der Waals surface area contributed by atoms with Crippen LogP contribution in [-0.2, 0) is 10.2 Å². The molecule has 2 heterocycles. The summed E-state index contributed by atoms with van der Waals surface area (Å²) in [6, 6.07) is 7.12. The Balaban J connectivity index is 2.12. The molecule has 1 aliphatic rings. The van der Waals surface area contributed by atoms with Gasteiger partial charge in [0.25, 0.3) is 0 Å². The summed E-state index contributed by atoms with van der Waals surface area (Å²) < 4.78 is 0. The van der Waals surface area contributed by atoms with Gasteiger partial charge in [0.15, 0.2) is 0 Å². The fraction of sp³-hybridized carbons (Fsp3) is 0.294. The van der Waals surface area contributed by atoms with Crippen molar-refractivity contribution in [3.63, 3.8) is 0 Å². The molecular formula is C17H18N4O3. The first kappa shape index (κ1) is 15.9. The third kappa shape index (κ3) is 2.29. The average Bonchev–Trinajstić information content (AvgIpc) is 2.75. The van der Waals surface area contributed by atoms with Crippen LogP contribution in [0.15, 0.2) is 36.7 Å². The SMILES string of the molecule is CCN1C(=O)C(C)(C)c2c(Nc3ccncc3[N+](=O)[O-])cccc21. The lowest BCUT2D eigenvalue weighted by Crippen LogP contribution is -2.36. The van der Waals surface area contributed by atoms with E-state index in [1.807, 2.05) is 39.0 Å². The third-order valence-corrected chi connectivity index (χ3v) is 4.32. The van der Waals surface area contributed by atoms with E-state index in [2.05, 4.69) is 10.3 Å². The first-order chi connectivity index (χ1) is 11.4. The number of pyridine rings is 1. The summed E-state index contributed by atoms with van der Waals surface area (Å²) in [5.41, 5.74) is 1.93. The number of carbonyl (C=O) groups is 1. The zero-order chi connectivity index (χ0) is 17.5. The zero-order valence-electron chi connectivity index (χ0n) is 13.7. The summed E-state index contributed by atoms with van der Waals surface area (Å²) in [7, 11) is 0. The van der Waals surface area contributed by atoms with Gasteiger partial charge in [-0.2, -0.15) is 0 Å². The van der Waals surface area contributed by atoms with E-state index in [1.54, 1.807) is 11.0 Å². The Bertz CT molecular complexity index is 832. The molecule has 1 N–H and O–H groups in total. The minimum Gasteiger partial charge on any atom is -0.350 e. The van der Waals surface area contributed by atoms with Crippen LogP contribution >= 0.6 is 0 Å². The number of nitrogens with one attached hydrogen (secondary N) is 1. The van der Waals surface area contributed by atoms with Crippen LogP contribution in [0.5, 0.6) is 0 Å². The first-order valence-electron chi connectivity index (χ1n) is 7.68. The number of anilines is 3. The Hall–Kier alpha value is -2.96. The number of amides is 1.